The van der Waals surface area contributed by atoms with E-state index in [0.717, 1.165) is 6.17 Å². The fourth-order valence-corrected chi connectivity index (χ4v) is 1.72. The van der Waals surface area contributed by atoms with Crippen LogP contribution in [0.25, 0.3) is 0 Å². The normalized spacial score (nSPS) is 34.8. The van der Waals surface area contributed by atoms with E-state index in [4.69, 9.17) is 0 Å². The summed E-state index contributed by atoms with van der Waals surface area (Å²) in [5.41, 5.74) is 0. The van der Waals surface area contributed by atoms with Gasteiger partial charge in [-0.05, 0) is 28.2 Å². The van der Waals surface area contributed by atoms with Gasteiger partial charge in [0.15, 0.2) is 6.17 Å². The van der Waals surface area contributed by atoms with Gasteiger partial charge in [0.25, 0.3) is 0 Å². The van der Waals surface area contributed by atoms with Crippen molar-refractivity contribution < 1.29 is 4.48 Å². The Labute approximate surface area is 76.1 Å². The predicted molar refractivity (Wildman–Crippen MR) is 51.9 cm³/mol. The molecule has 0 aromatic carbocycles. The number of hydrogen-bond acceptors (Lipinski definition) is 2. The van der Waals surface area contributed by atoms with Crippen LogP contribution in [0.15, 0.2) is 0 Å². The molecule has 0 aliphatic carbocycles. The summed E-state index contributed by atoms with van der Waals surface area (Å²) in [6.07, 6.45) is 0.768. The lowest BCUT2D eigenvalue weighted by Gasteiger charge is -2.19. The summed E-state index contributed by atoms with van der Waals surface area (Å²) in [6, 6.07) is 0. The number of hydrogen-bond donors (Lipinski definition) is 0. The number of likely N-dealkylation sites (N-methyl/N-ethyl adjacent to an activating group) is 3. The van der Waals surface area contributed by atoms with Crippen LogP contribution in [-0.2, 0) is 0 Å². The van der Waals surface area contributed by atoms with Crippen LogP contribution in [-0.4, -0.2) is 75.3 Å². The summed E-state index contributed by atoms with van der Waals surface area (Å²) < 4.78 is 1.23. The van der Waals surface area contributed by atoms with Gasteiger partial charge in [0.2, 0.25) is 0 Å². The number of nitrogens with zero attached hydrogens (tertiary/aromatic N) is 3. The van der Waals surface area contributed by atoms with Gasteiger partial charge in [-0.3, -0.25) is 9.38 Å². The first kappa shape index (κ1) is 9.96. The van der Waals surface area contributed by atoms with Gasteiger partial charge in [-0.2, -0.15) is 0 Å². The first-order valence-electron chi connectivity index (χ1n) is 4.61. The average Bonchev–Trinajstić information content (AvgIpc) is 2.60. The molecule has 0 aromatic rings. The molecule has 1 saturated heterocycles. The third kappa shape index (κ3) is 2.19. The van der Waals surface area contributed by atoms with E-state index in [-0.39, 0.29) is 0 Å². The molecule has 0 aromatic heterocycles. The second-order valence-corrected chi connectivity index (χ2v) is 4.63. The summed E-state index contributed by atoms with van der Waals surface area (Å²) >= 11 is 0. The first-order valence-corrected chi connectivity index (χ1v) is 4.61. The van der Waals surface area contributed by atoms with Gasteiger partial charge < -0.3 is 4.90 Å². The molecule has 1 fully saturated rings. The standard InChI is InChI=1S/C9H22N3/c1-10(2)6-7-12(5)8-9(12)11(3)4/h9H,6-8H2,1-5H3/q+1. The smallest absolute Gasteiger partial charge is 0.195 e. The van der Waals surface area contributed by atoms with Crippen LogP contribution in [0.3, 0.4) is 0 Å². The monoisotopic (exact) mass is 172 g/mol. The molecule has 2 unspecified atom stereocenters. The zero-order valence-corrected chi connectivity index (χ0v) is 9.04. The van der Waals surface area contributed by atoms with Crippen molar-refractivity contribution in [2.75, 3.05) is 54.9 Å². The summed E-state index contributed by atoms with van der Waals surface area (Å²) in [5, 5.41) is 0. The van der Waals surface area contributed by atoms with Crippen molar-refractivity contribution in [3.63, 3.8) is 0 Å². The van der Waals surface area contributed by atoms with Crippen LogP contribution >= 0.6 is 0 Å². The lowest BCUT2D eigenvalue weighted by atomic mass is 10.5. The van der Waals surface area contributed by atoms with Crippen LogP contribution < -0.4 is 0 Å². The third-order valence-corrected chi connectivity index (χ3v) is 2.82. The quantitative estimate of drug-likeness (QED) is 0.431. The molecule has 0 radical (unpaired) electrons. The van der Waals surface area contributed by atoms with Gasteiger partial charge in [0.05, 0.1) is 13.6 Å². The number of quaternary nitrogens is 1. The summed E-state index contributed by atoms with van der Waals surface area (Å²) in [7, 11) is 11.0. The van der Waals surface area contributed by atoms with Crippen molar-refractivity contribution in [2.45, 2.75) is 6.17 Å². The molecule has 1 heterocycles. The minimum Gasteiger partial charge on any atom is -0.304 e. The van der Waals surface area contributed by atoms with E-state index in [2.05, 4.69) is 45.0 Å². The van der Waals surface area contributed by atoms with Crippen molar-refractivity contribution in [2.24, 2.45) is 0 Å². The van der Waals surface area contributed by atoms with Crippen molar-refractivity contribution in [1.29, 1.82) is 0 Å². The predicted octanol–water partition coefficient (Wildman–Crippen LogP) is -0.104. The molecule has 0 spiro atoms. The molecule has 12 heavy (non-hydrogen) atoms. The molecule has 0 amide bonds. The second kappa shape index (κ2) is 3.32. The second-order valence-electron chi connectivity index (χ2n) is 4.63. The maximum absolute atomic E-state index is 2.34. The summed E-state index contributed by atoms with van der Waals surface area (Å²) in [6.45, 7) is 3.79. The van der Waals surface area contributed by atoms with E-state index >= 15 is 0 Å². The van der Waals surface area contributed by atoms with Crippen molar-refractivity contribution >= 4 is 0 Å². The van der Waals surface area contributed by atoms with Crippen LogP contribution in [0, 0.1) is 0 Å². The SMILES string of the molecule is CN(C)CC[N+]1(C)CC1N(C)C. The van der Waals surface area contributed by atoms with Gasteiger partial charge in [-0.25, -0.2) is 0 Å². The van der Waals surface area contributed by atoms with Crippen molar-refractivity contribution in [3.8, 4) is 0 Å². The molecule has 1 rings (SSSR count). The summed E-state index contributed by atoms with van der Waals surface area (Å²) in [5.74, 6) is 0. The molecule has 72 valence electrons. The lowest BCUT2D eigenvalue weighted by molar-refractivity contribution is -0.799. The van der Waals surface area contributed by atoms with Gasteiger partial charge in [-0.1, -0.05) is 0 Å². The molecule has 0 saturated carbocycles. The minimum atomic E-state index is 0.768. The Kier molecular flexibility index (Phi) is 2.76. The van der Waals surface area contributed by atoms with Gasteiger partial charge in [0, 0.05) is 6.54 Å². The van der Waals surface area contributed by atoms with Crippen LogP contribution in [0.2, 0.25) is 0 Å². The highest BCUT2D eigenvalue weighted by molar-refractivity contribution is 4.70. The maximum atomic E-state index is 2.34. The number of rotatable bonds is 4. The lowest BCUT2D eigenvalue weighted by Crippen LogP contribution is -2.36. The molecular formula is C9H22N3+. The Bertz CT molecular complexity index is 156. The van der Waals surface area contributed by atoms with Gasteiger partial charge in [0.1, 0.15) is 6.54 Å². The van der Waals surface area contributed by atoms with Crippen LogP contribution in [0.1, 0.15) is 0 Å². The fourth-order valence-electron chi connectivity index (χ4n) is 1.72. The molecule has 0 bridgehead atoms. The van der Waals surface area contributed by atoms with E-state index in [1.807, 2.05) is 0 Å². The zero-order valence-electron chi connectivity index (χ0n) is 9.04. The topological polar surface area (TPSA) is 6.48 Å². The van der Waals surface area contributed by atoms with Crippen molar-refractivity contribution in [1.82, 2.24) is 9.80 Å². The van der Waals surface area contributed by atoms with Crippen molar-refractivity contribution in [3.05, 3.63) is 0 Å². The highest BCUT2D eigenvalue weighted by Gasteiger charge is 2.52. The molecule has 1 aliphatic rings. The van der Waals surface area contributed by atoms with E-state index in [0.29, 0.717) is 0 Å². The van der Waals surface area contributed by atoms with E-state index in [1.54, 1.807) is 0 Å². The Morgan fingerprint density at radius 3 is 2.17 bits per heavy atom. The van der Waals surface area contributed by atoms with Gasteiger partial charge >= 0.3 is 0 Å². The molecule has 0 N–H and O–H groups in total. The fraction of sp³-hybridized carbons (Fsp3) is 1.00. The Morgan fingerprint density at radius 1 is 1.25 bits per heavy atom. The van der Waals surface area contributed by atoms with E-state index < -0.39 is 0 Å². The molecule has 3 nitrogen and oxygen atoms in total. The maximum Gasteiger partial charge on any atom is 0.195 e. The van der Waals surface area contributed by atoms with Crippen LogP contribution in [0.5, 0.6) is 0 Å². The third-order valence-electron chi connectivity index (χ3n) is 2.82. The molecular weight excluding hydrogens is 150 g/mol. The van der Waals surface area contributed by atoms with Crippen LogP contribution in [0.4, 0.5) is 0 Å². The zero-order chi connectivity index (χ0) is 9.35. The minimum absolute atomic E-state index is 0.768. The van der Waals surface area contributed by atoms with E-state index in [9.17, 15) is 0 Å². The Balaban J connectivity index is 2.26. The molecule has 1 aliphatic heterocycles. The first-order chi connectivity index (χ1) is 5.46. The Morgan fingerprint density at radius 2 is 1.83 bits per heavy atom. The van der Waals surface area contributed by atoms with E-state index in [1.165, 1.54) is 24.1 Å². The van der Waals surface area contributed by atoms with Gasteiger partial charge in [-0.15, -0.1) is 0 Å². The highest BCUT2D eigenvalue weighted by Crippen LogP contribution is 2.28. The Hall–Kier alpha value is -0.120. The molecule has 2 atom stereocenters. The highest BCUT2D eigenvalue weighted by atomic mass is 15.6. The molecule has 3 heteroatoms. The average molecular weight is 172 g/mol. The summed E-state index contributed by atoms with van der Waals surface area (Å²) in [4.78, 5) is 4.59. The largest absolute Gasteiger partial charge is 0.304 e.